The maximum atomic E-state index is 12.6. The number of nitrogens with zero attached hydrogens (tertiary/aromatic N) is 4. The molecular formula is C19H17N5O5S. The van der Waals surface area contributed by atoms with Crippen LogP contribution in [-0.2, 0) is 13.6 Å². The van der Waals surface area contributed by atoms with Crippen LogP contribution in [0.25, 0.3) is 0 Å². The highest BCUT2D eigenvalue weighted by molar-refractivity contribution is 7.99. The summed E-state index contributed by atoms with van der Waals surface area (Å²) < 4.78 is 12.8. The van der Waals surface area contributed by atoms with Crippen molar-refractivity contribution >= 4 is 23.4 Å². The molecule has 0 unspecified atom stereocenters. The summed E-state index contributed by atoms with van der Waals surface area (Å²) in [6.07, 6.45) is 1.51. The summed E-state index contributed by atoms with van der Waals surface area (Å²) >= 11 is 1.11. The predicted octanol–water partition coefficient (Wildman–Crippen LogP) is 2.58. The Morgan fingerprint density at radius 2 is 2.13 bits per heavy atom. The summed E-state index contributed by atoms with van der Waals surface area (Å²) in [5.74, 6) is 0.807. The Morgan fingerprint density at radius 1 is 1.30 bits per heavy atom. The lowest BCUT2D eigenvalue weighted by atomic mass is 10.1. The number of nitro benzene ring substituents is 1. The number of aryl methyl sites for hydroxylation is 1. The zero-order valence-corrected chi connectivity index (χ0v) is 16.7. The second-order valence-corrected chi connectivity index (χ2v) is 7.40. The molecule has 4 rings (SSSR count). The van der Waals surface area contributed by atoms with Crippen LogP contribution in [0.3, 0.4) is 0 Å². The van der Waals surface area contributed by atoms with Gasteiger partial charge in [0.15, 0.2) is 16.7 Å². The van der Waals surface area contributed by atoms with Crippen molar-refractivity contribution in [2.24, 2.45) is 7.05 Å². The summed E-state index contributed by atoms with van der Waals surface area (Å²) in [5, 5.41) is 22.5. The van der Waals surface area contributed by atoms with Crippen LogP contribution < -0.4 is 14.8 Å². The van der Waals surface area contributed by atoms with E-state index in [2.05, 4.69) is 15.5 Å². The summed E-state index contributed by atoms with van der Waals surface area (Å²) in [4.78, 5) is 24.0. The summed E-state index contributed by atoms with van der Waals surface area (Å²) in [6, 6.07) is 9.79. The number of rotatable bonds is 6. The van der Waals surface area contributed by atoms with Gasteiger partial charge >= 0.3 is 0 Å². The molecule has 0 atom stereocenters. The molecule has 3 aromatic rings. The minimum atomic E-state index is -0.520. The van der Waals surface area contributed by atoms with Gasteiger partial charge in [-0.3, -0.25) is 14.9 Å². The van der Waals surface area contributed by atoms with Crippen molar-refractivity contribution in [2.75, 3.05) is 13.2 Å². The van der Waals surface area contributed by atoms with Gasteiger partial charge in [-0.25, -0.2) is 0 Å². The number of carbonyl (C=O) groups excluding carboxylic acids is 1. The topological polar surface area (TPSA) is 121 Å². The number of para-hydroxylation sites is 1. The largest absolute Gasteiger partial charge is 0.486 e. The third-order valence-electron chi connectivity index (χ3n) is 4.38. The number of nitrogens with one attached hydrogen (secondary N) is 1. The van der Waals surface area contributed by atoms with Crippen LogP contribution in [0.1, 0.15) is 15.9 Å². The monoisotopic (exact) mass is 427 g/mol. The Labute approximate surface area is 175 Å². The minimum absolute atomic E-state index is 0.176. The average Bonchev–Trinajstić information content (AvgIpc) is 3.16. The van der Waals surface area contributed by atoms with Crippen LogP contribution in [-0.4, -0.2) is 38.8 Å². The van der Waals surface area contributed by atoms with Crippen molar-refractivity contribution < 1.29 is 19.2 Å². The van der Waals surface area contributed by atoms with E-state index in [4.69, 9.17) is 9.47 Å². The van der Waals surface area contributed by atoms with E-state index in [0.29, 0.717) is 34.8 Å². The van der Waals surface area contributed by atoms with Gasteiger partial charge < -0.3 is 19.4 Å². The average molecular weight is 427 g/mol. The highest BCUT2D eigenvalue weighted by atomic mass is 32.2. The van der Waals surface area contributed by atoms with E-state index < -0.39 is 10.8 Å². The lowest BCUT2D eigenvalue weighted by Crippen LogP contribution is -2.24. The molecule has 1 aliphatic heterocycles. The molecule has 2 aromatic carbocycles. The zero-order chi connectivity index (χ0) is 21.1. The molecule has 0 saturated carbocycles. The second-order valence-electron chi connectivity index (χ2n) is 6.39. The Kier molecular flexibility index (Phi) is 5.53. The first-order chi connectivity index (χ1) is 14.5. The summed E-state index contributed by atoms with van der Waals surface area (Å²) in [5.41, 5.74) is 0.778. The fraction of sp³-hybridized carbons (Fsp3) is 0.211. The first kappa shape index (κ1) is 19.7. The number of ether oxygens (including phenoxy) is 2. The Bertz CT molecular complexity index is 1120. The first-order valence-corrected chi connectivity index (χ1v) is 9.80. The lowest BCUT2D eigenvalue weighted by Gasteiger charge is -2.21. The molecule has 1 N–H and O–H groups in total. The molecule has 154 valence electrons. The maximum Gasteiger partial charge on any atom is 0.284 e. The smallest absolute Gasteiger partial charge is 0.284 e. The quantitative estimate of drug-likeness (QED) is 0.471. The van der Waals surface area contributed by atoms with Gasteiger partial charge in [-0.2, -0.15) is 0 Å². The fourth-order valence-corrected chi connectivity index (χ4v) is 3.75. The normalized spacial score (nSPS) is 12.4. The zero-order valence-electron chi connectivity index (χ0n) is 15.9. The van der Waals surface area contributed by atoms with Crippen molar-refractivity contribution in [1.82, 2.24) is 20.1 Å². The van der Waals surface area contributed by atoms with Crippen LogP contribution in [0.5, 0.6) is 11.5 Å². The van der Waals surface area contributed by atoms with Crippen LogP contribution in [0, 0.1) is 10.1 Å². The molecule has 1 aromatic heterocycles. The number of carbonyl (C=O) groups is 1. The molecule has 2 heterocycles. The van der Waals surface area contributed by atoms with Gasteiger partial charge in [-0.15, -0.1) is 10.2 Å². The minimum Gasteiger partial charge on any atom is -0.486 e. The summed E-state index contributed by atoms with van der Waals surface area (Å²) in [7, 11) is 1.74. The van der Waals surface area contributed by atoms with Crippen molar-refractivity contribution in [1.29, 1.82) is 0 Å². The van der Waals surface area contributed by atoms with Gasteiger partial charge in [0, 0.05) is 30.8 Å². The van der Waals surface area contributed by atoms with Crippen LogP contribution in [0.4, 0.5) is 5.69 Å². The summed E-state index contributed by atoms with van der Waals surface area (Å²) in [6.45, 7) is 1.12. The van der Waals surface area contributed by atoms with Crippen molar-refractivity contribution in [3.63, 3.8) is 0 Å². The molecule has 0 spiro atoms. The van der Waals surface area contributed by atoms with Gasteiger partial charge in [0.05, 0.1) is 9.82 Å². The highest BCUT2D eigenvalue weighted by Crippen LogP contribution is 2.35. The molecule has 11 heteroatoms. The molecule has 0 fully saturated rings. The first-order valence-electron chi connectivity index (χ1n) is 8.99. The number of hydrogen-bond donors (Lipinski definition) is 1. The van der Waals surface area contributed by atoms with Gasteiger partial charge in [-0.1, -0.05) is 12.1 Å². The number of hydrogen-bond acceptors (Lipinski definition) is 8. The standard InChI is InChI=1S/C19H17N5O5S/c1-23-11-21-22-19(23)30-16-6-5-12(9-14(16)24(26)27)18(25)20-10-13-3-2-4-15-17(13)29-8-7-28-15/h2-6,9,11H,7-8,10H2,1H3,(H,20,25). The molecule has 30 heavy (non-hydrogen) atoms. The van der Waals surface area contributed by atoms with Crippen LogP contribution in [0.15, 0.2) is 52.8 Å². The SMILES string of the molecule is Cn1cnnc1Sc1ccc(C(=O)NCc2cccc3c2OCCO3)cc1[N+](=O)[O-]. The Balaban J connectivity index is 1.51. The van der Waals surface area contributed by atoms with Gasteiger partial charge in [0.25, 0.3) is 11.6 Å². The predicted molar refractivity (Wildman–Crippen MR) is 107 cm³/mol. The number of nitro groups is 1. The second kappa shape index (κ2) is 8.41. The number of fused-ring (bicyclic) bond motifs is 1. The van der Waals surface area contributed by atoms with Crippen molar-refractivity contribution in [3.05, 3.63) is 64.0 Å². The molecule has 0 bridgehead atoms. The third kappa shape index (κ3) is 4.06. The highest BCUT2D eigenvalue weighted by Gasteiger charge is 2.21. The van der Waals surface area contributed by atoms with E-state index in [1.165, 1.54) is 18.5 Å². The molecule has 0 aliphatic carbocycles. The molecule has 0 saturated heterocycles. The molecule has 10 nitrogen and oxygen atoms in total. The number of benzene rings is 2. The van der Waals surface area contributed by atoms with Crippen molar-refractivity contribution in [3.8, 4) is 11.5 Å². The van der Waals surface area contributed by atoms with E-state index in [-0.39, 0.29) is 17.8 Å². The van der Waals surface area contributed by atoms with E-state index in [1.54, 1.807) is 23.7 Å². The van der Waals surface area contributed by atoms with Crippen molar-refractivity contribution in [2.45, 2.75) is 16.6 Å². The lowest BCUT2D eigenvalue weighted by molar-refractivity contribution is -0.387. The van der Waals surface area contributed by atoms with Gasteiger partial charge in [-0.05, 0) is 30.0 Å². The molecule has 0 radical (unpaired) electrons. The van der Waals surface area contributed by atoms with E-state index in [1.807, 2.05) is 12.1 Å². The Hall–Kier alpha value is -3.60. The van der Waals surface area contributed by atoms with Crippen LogP contribution >= 0.6 is 11.8 Å². The van der Waals surface area contributed by atoms with E-state index >= 15 is 0 Å². The Morgan fingerprint density at radius 3 is 2.90 bits per heavy atom. The molecular weight excluding hydrogens is 410 g/mol. The van der Waals surface area contributed by atoms with E-state index in [0.717, 1.165) is 17.3 Å². The molecule has 1 amide bonds. The third-order valence-corrected chi connectivity index (χ3v) is 5.49. The van der Waals surface area contributed by atoms with E-state index in [9.17, 15) is 14.9 Å². The van der Waals surface area contributed by atoms with Crippen LogP contribution in [0.2, 0.25) is 0 Å². The number of aromatic nitrogens is 3. The fourth-order valence-electron chi connectivity index (χ4n) is 2.90. The molecule has 1 aliphatic rings. The number of amides is 1. The maximum absolute atomic E-state index is 12.6. The van der Waals surface area contributed by atoms with Gasteiger partial charge in [0.2, 0.25) is 0 Å². The van der Waals surface area contributed by atoms with Gasteiger partial charge in [0.1, 0.15) is 19.5 Å².